The topological polar surface area (TPSA) is 89.1 Å². The van der Waals surface area contributed by atoms with E-state index in [0.717, 1.165) is 16.9 Å². The summed E-state index contributed by atoms with van der Waals surface area (Å²) in [7, 11) is 3.68. The van der Waals surface area contributed by atoms with Crippen molar-refractivity contribution in [1.29, 1.82) is 0 Å². The molecule has 3 rings (SSSR count). The Morgan fingerprint density at radius 1 is 1.36 bits per heavy atom. The Bertz CT molecular complexity index is 884. The van der Waals surface area contributed by atoms with Crippen LogP contribution in [0.15, 0.2) is 28.8 Å². The summed E-state index contributed by atoms with van der Waals surface area (Å²) in [6, 6.07) is 7.31. The Kier molecular flexibility index (Phi) is 4.69. The molecule has 0 aliphatic carbocycles. The second-order valence-corrected chi connectivity index (χ2v) is 6.01. The molecule has 1 unspecified atom stereocenters. The van der Waals surface area contributed by atoms with Gasteiger partial charge in [-0.3, -0.25) is 0 Å². The third kappa shape index (κ3) is 3.47. The molecule has 2 aromatic heterocycles. The summed E-state index contributed by atoms with van der Waals surface area (Å²) in [5.74, 6) is 1.85. The fraction of sp³-hybridized carbons (Fsp3) is 0.412. The minimum absolute atomic E-state index is 0.226. The third-order valence-corrected chi connectivity index (χ3v) is 4.12. The summed E-state index contributed by atoms with van der Waals surface area (Å²) in [6.07, 6.45) is 0.691. The molecule has 8 heteroatoms. The maximum atomic E-state index is 12.4. The van der Waals surface area contributed by atoms with Crippen molar-refractivity contribution in [3.05, 3.63) is 41.8 Å². The van der Waals surface area contributed by atoms with Crippen molar-refractivity contribution in [2.75, 3.05) is 7.05 Å². The maximum Gasteiger partial charge on any atom is 0.318 e. The molecule has 1 N–H and O–H groups in total. The number of hydrogen-bond acceptors (Lipinski definition) is 5. The molecular weight excluding hydrogens is 320 g/mol. The number of nitrogens with one attached hydrogen (secondary N) is 1. The first kappa shape index (κ1) is 16.9. The van der Waals surface area contributed by atoms with Crippen molar-refractivity contribution in [3.8, 4) is 0 Å². The second-order valence-electron chi connectivity index (χ2n) is 6.01. The Labute approximate surface area is 145 Å². The largest absolute Gasteiger partial charge is 0.337 e. The molecule has 132 valence electrons. The number of carbonyl (C=O) groups excluding carboxylic acids is 1. The first-order valence-electron chi connectivity index (χ1n) is 8.24. The van der Waals surface area contributed by atoms with Gasteiger partial charge in [0.25, 0.3) is 0 Å². The highest BCUT2D eigenvalue weighted by molar-refractivity contribution is 5.76. The number of rotatable bonds is 5. The molecule has 25 heavy (non-hydrogen) atoms. The van der Waals surface area contributed by atoms with Gasteiger partial charge in [0.1, 0.15) is 11.9 Å². The van der Waals surface area contributed by atoms with Crippen molar-refractivity contribution < 1.29 is 9.32 Å². The summed E-state index contributed by atoms with van der Waals surface area (Å²) >= 11 is 0. The number of fused-ring (bicyclic) bond motifs is 1. The van der Waals surface area contributed by atoms with Crippen LogP contribution in [0.5, 0.6) is 0 Å². The maximum absolute atomic E-state index is 12.4. The molecule has 0 spiro atoms. The molecule has 2 heterocycles. The summed E-state index contributed by atoms with van der Waals surface area (Å²) in [5, 5.41) is 6.71. The summed E-state index contributed by atoms with van der Waals surface area (Å²) in [6.45, 7) is 4.16. The van der Waals surface area contributed by atoms with Gasteiger partial charge in [0.2, 0.25) is 5.89 Å². The Balaban J connectivity index is 1.66. The predicted molar refractivity (Wildman–Crippen MR) is 92.8 cm³/mol. The van der Waals surface area contributed by atoms with Gasteiger partial charge in [0.15, 0.2) is 5.82 Å². The highest BCUT2D eigenvalue weighted by Gasteiger charge is 2.19. The molecule has 0 aliphatic rings. The van der Waals surface area contributed by atoms with E-state index in [1.165, 1.54) is 0 Å². The van der Waals surface area contributed by atoms with Gasteiger partial charge in [-0.05, 0) is 19.1 Å². The van der Waals surface area contributed by atoms with Gasteiger partial charge in [0.05, 0.1) is 17.6 Å². The number of carbonyl (C=O) groups is 1. The van der Waals surface area contributed by atoms with Crippen LogP contribution < -0.4 is 5.32 Å². The highest BCUT2D eigenvalue weighted by atomic mass is 16.5. The number of imidazole rings is 1. The monoisotopic (exact) mass is 342 g/mol. The van der Waals surface area contributed by atoms with E-state index in [9.17, 15) is 4.79 Å². The van der Waals surface area contributed by atoms with Gasteiger partial charge in [-0.15, -0.1) is 0 Å². The van der Waals surface area contributed by atoms with Gasteiger partial charge in [-0.2, -0.15) is 4.98 Å². The zero-order valence-electron chi connectivity index (χ0n) is 14.9. The average molecular weight is 342 g/mol. The van der Waals surface area contributed by atoms with Crippen LogP contribution in [0.3, 0.4) is 0 Å². The molecule has 3 aromatic rings. The quantitative estimate of drug-likeness (QED) is 0.769. The van der Waals surface area contributed by atoms with E-state index >= 15 is 0 Å². The van der Waals surface area contributed by atoms with Gasteiger partial charge in [-0.1, -0.05) is 24.2 Å². The predicted octanol–water partition coefficient (Wildman–Crippen LogP) is 2.42. The molecule has 1 atom stereocenters. The van der Waals surface area contributed by atoms with E-state index in [1.807, 2.05) is 49.7 Å². The first-order chi connectivity index (χ1) is 12.0. The average Bonchev–Trinajstić information content (AvgIpc) is 3.20. The Morgan fingerprint density at radius 3 is 2.80 bits per heavy atom. The summed E-state index contributed by atoms with van der Waals surface area (Å²) in [5.41, 5.74) is 1.96. The normalized spacial score (nSPS) is 12.3. The van der Waals surface area contributed by atoms with Crippen LogP contribution in [0.2, 0.25) is 0 Å². The van der Waals surface area contributed by atoms with E-state index in [4.69, 9.17) is 4.52 Å². The van der Waals surface area contributed by atoms with Crippen molar-refractivity contribution in [2.45, 2.75) is 32.9 Å². The third-order valence-electron chi connectivity index (χ3n) is 4.12. The van der Waals surface area contributed by atoms with E-state index in [1.54, 1.807) is 11.9 Å². The first-order valence-corrected chi connectivity index (χ1v) is 8.24. The number of aryl methyl sites for hydroxylation is 2. The molecule has 0 bridgehead atoms. The Morgan fingerprint density at radius 2 is 2.12 bits per heavy atom. The van der Waals surface area contributed by atoms with Crippen molar-refractivity contribution in [2.24, 2.45) is 7.05 Å². The van der Waals surface area contributed by atoms with Crippen LogP contribution >= 0.6 is 0 Å². The fourth-order valence-corrected chi connectivity index (χ4v) is 2.56. The van der Waals surface area contributed by atoms with E-state index in [-0.39, 0.29) is 12.1 Å². The standard InChI is InChI=1S/C17H22N6O2/c1-5-14-20-16(25-21-14)11(2)18-17(24)22(3)10-15-19-12-8-6-7-9-13(12)23(15)4/h6-9,11H,5,10H2,1-4H3,(H,18,24). The van der Waals surface area contributed by atoms with Crippen LogP contribution in [0, 0.1) is 0 Å². The summed E-state index contributed by atoms with van der Waals surface area (Å²) in [4.78, 5) is 22.8. The number of amides is 2. The number of urea groups is 1. The number of hydrogen-bond donors (Lipinski definition) is 1. The highest BCUT2D eigenvalue weighted by Crippen LogP contribution is 2.16. The van der Waals surface area contributed by atoms with Gasteiger partial charge in [-0.25, -0.2) is 9.78 Å². The molecular formula is C17H22N6O2. The van der Waals surface area contributed by atoms with Crippen LogP contribution in [0.4, 0.5) is 4.79 Å². The van der Waals surface area contributed by atoms with Crippen molar-refractivity contribution in [1.82, 2.24) is 29.9 Å². The molecule has 0 saturated carbocycles. The van der Waals surface area contributed by atoms with E-state index in [2.05, 4.69) is 20.4 Å². The number of aromatic nitrogens is 4. The van der Waals surface area contributed by atoms with Crippen LogP contribution in [-0.4, -0.2) is 37.7 Å². The van der Waals surface area contributed by atoms with Gasteiger partial charge >= 0.3 is 6.03 Å². The lowest BCUT2D eigenvalue weighted by Crippen LogP contribution is -2.38. The lowest BCUT2D eigenvalue weighted by atomic mass is 10.3. The van der Waals surface area contributed by atoms with Crippen LogP contribution in [-0.2, 0) is 20.0 Å². The zero-order valence-corrected chi connectivity index (χ0v) is 14.9. The molecule has 1 aromatic carbocycles. The zero-order chi connectivity index (χ0) is 18.0. The van der Waals surface area contributed by atoms with Crippen LogP contribution in [0.25, 0.3) is 11.0 Å². The molecule has 2 amide bonds. The fourth-order valence-electron chi connectivity index (χ4n) is 2.56. The molecule has 8 nitrogen and oxygen atoms in total. The van der Waals surface area contributed by atoms with E-state index in [0.29, 0.717) is 24.7 Å². The minimum Gasteiger partial charge on any atom is -0.337 e. The SMILES string of the molecule is CCc1noc(C(C)NC(=O)N(C)Cc2nc3ccccc3n2C)n1. The smallest absolute Gasteiger partial charge is 0.318 e. The number of benzene rings is 1. The van der Waals surface area contributed by atoms with Gasteiger partial charge < -0.3 is 19.3 Å². The van der Waals surface area contributed by atoms with Crippen molar-refractivity contribution >= 4 is 17.1 Å². The number of para-hydroxylation sites is 2. The van der Waals surface area contributed by atoms with E-state index < -0.39 is 0 Å². The molecule has 0 aliphatic heterocycles. The second kappa shape index (κ2) is 6.92. The molecule has 0 fully saturated rings. The van der Waals surface area contributed by atoms with Crippen molar-refractivity contribution in [3.63, 3.8) is 0 Å². The minimum atomic E-state index is -0.358. The Hall–Kier alpha value is -2.90. The van der Waals surface area contributed by atoms with Crippen LogP contribution in [0.1, 0.15) is 37.4 Å². The molecule has 0 radical (unpaired) electrons. The lowest BCUT2D eigenvalue weighted by molar-refractivity contribution is 0.199. The molecule has 0 saturated heterocycles. The lowest BCUT2D eigenvalue weighted by Gasteiger charge is -2.19. The number of nitrogens with zero attached hydrogens (tertiary/aromatic N) is 5. The van der Waals surface area contributed by atoms with Gasteiger partial charge in [0, 0.05) is 20.5 Å². The summed E-state index contributed by atoms with van der Waals surface area (Å²) < 4.78 is 7.16.